The van der Waals surface area contributed by atoms with E-state index in [2.05, 4.69) is 17.2 Å². The van der Waals surface area contributed by atoms with Crippen LogP contribution in [0.4, 0.5) is 0 Å². The molecule has 0 aromatic carbocycles. The number of fused-ring (bicyclic) bond motifs is 3. The number of carbonyl (C=O) groups is 2. The van der Waals surface area contributed by atoms with Crippen LogP contribution in [-0.4, -0.2) is 148 Å². The van der Waals surface area contributed by atoms with Gasteiger partial charge in [-0.1, -0.05) is 26.8 Å². The zero-order valence-electron chi connectivity index (χ0n) is 33.9. The van der Waals surface area contributed by atoms with Gasteiger partial charge in [-0.15, -0.1) is 0 Å². The maximum Gasteiger partial charge on any atom is 0.311 e. The predicted molar refractivity (Wildman–Crippen MR) is 200 cm³/mol. The lowest BCUT2D eigenvalue weighted by molar-refractivity contribution is -0.331. The summed E-state index contributed by atoms with van der Waals surface area (Å²) in [5.41, 5.74) is -2.44. The number of esters is 1. The Morgan fingerprint density at radius 2 is 1.80 bits per heavy atom. The quantitative estimate of drug-likeness (QED) is 0.323. The molecule has 4 fully saturated rings. The Morgan fingerprint density at radius 1 is 1.11 bits per heavy atom. The lowest BCUT2D eigenvalue weighted by Gasteiger charge is -2.49. The number of rotatable bonds is 5. The number of ether oxygens (including phenoxy) is 5. The van der Waals surface area contributed by atoms with Crippen LogP contribution in [0.15, 0.2) is 24.4 Å². The molecule has 4 saturated heterocycles. The van der Waals surface area contributed by atoms with Crippen LogP contribution >= 0.6 is 0 Å². The van der Waals surface area contributed by atoms with Crippen molar-refractivity contribution in [3.05, 3.63) is 30.1 Å². The van der Waals surface area contributed by atoms with Crippen molar-refractivity contribution in [2.45, 2.75) is 159 Å². The third-order valence-electron chi connectivity index (χ3n) is 12.4. The third kappa shape index (κ3) is 8.97. The van der Waals surface area contributed by atoms with E-state index in [9.17, 15) is 24.9 Å². The van der Waals surface area contributed by atoms with Gasteiger partial charge >= 0.3 is 5.97 Å². The minimum absolute atomic E-state index is 0.0413. The van der Waals surface area contributed by atoms with Crippen molar-refractivity contribution in [3.63, 3.8) is 0 Å². The first kappa shape index (κ1) is 42.9. The molecule has 306 valence electrons. The van der Waals surface area contributed by atoms with Crippen LogP contribution in [0.25, 0.3) is 0 Å². The molecule has 0 unspecified atom stereocenters. The molecule has 14 heteroatoms. The number of nitrogens with one attached hydrogen (secondary N) is 1. The molecule has 5 heterocycles. The summed E-state index contributed by atoms with van der Waals surface area (Å²) >= 11 is 0. The number of carbonyl (C=O) groups excluding carboxylic acids is 2. The summed E-state index contributed by atoms with van der Waals surface area (Å²) in [6.45, 7) is 16.0. The van der Waals surface area contributed by atoms with Gasteiger partial charge in [-0.3, -0.25) is 14.6 Å². The number of pyridine rings is 1. The minimum Gasteiger partial charge on any atom is -0.459 e. The van der Waals surface area contributed by atoms with Gasteiger partial charge in [0.05, 0.1) is 29.8 Å². The number of aromatic nitrogens is 1. The number of piperidine rings is 1. The van der Waals surface area contributed by atoms with Crippen molar-refractivity contribution in [2.75, 3.05) is 33.7 Å². The summed E-state index contributed by atoms with van der Waals surface area (Å²) in [5.74, 6) is -3.39. The zero-order chi connectivity index (χ0) is 39.7. The van der Waals surface area contributed by atoms with Gasteiger partial charge in [-0.05, 0) is 92.6 Å². The van der Waals surface area contributed by atoms with E-state index >= 15 is 0 Å². The van der Waals surface area contributed by atoms with E-state index in [1.165, 1.54) is 6.92 Å². The highest BCUT2D eigenvalue weighted by atomic mass is 16.7. The standard InChI is InChI=1S/C40H66N4O10/c1-11-30-39(8,49)33(46)27(6)42-22-23(2)21-38(7)34(52-37-31(45)29(43(9)10)20-24(3)50-37)25(4)32(26(5)36(48)51-30)53-40(54-38)15-18-44(19-16-40)35(47)28-14-12-13-17-41-28/h12-14,17,23-27,29-34,37,42,45-46,49H,11,15-16,18-22H2,1-10H3/t23-,24-,25+,26-,27-,29+,30-,31-,32+,33-,34-,37+,38-,39-/m1/s1. The van der Waals surface area contributed by atoms with Gasteiger partial charge in [0.2, 0.25) is 0 Å². The number of hydrogen-bond acceptors (Lipinski definition) is 13. The second kappa shape index (κ2) is 17.1. The van der Waals surface area contributed by atoms with Crippen LogP contribution in [0.5, 0.6) is 0 Å². The summed E-state index contributed by atoms with van der Waals surface area (Å²) in [7, 11) is 3.85. The fourth-order valence-electron chi connectivity index (χ4n) is 9.25. The van der Waals surface area contributed by atoms with Crippen LogP contribution in [0.1, 0.15) is 98.0 Å². The van der Waals surface area contributed by atoms with E-state index in [1.807, 2.05) is 39.8 Å². The third-order valence-corrected chi connectivity index (χ3v) is 12.4. The van der Waals surface area contributed by atoms with E-state index in [-0.39, 0.29) is 30.4 Å². The molecule has 1 amide bonds. The van der Waals surface area contributed by atoms with E-state index < -0.39 is 77.6 Å². The number of aliphatic hydroxyl groups is 3. The van der Waals surface area contributed by atoms with Crippen molar-refractivity contribution in [3.8, 4) is 0 Å². The van der Waals surface area contributed by atoms with Gasteiger partial charge in [0, 0.05) is 50.1 Å². The number of aliphatic hydroxyl groups excluding tert-OH is 2. The van der Waals surface area contributed by atoms with E-state index in [0.717, 1.165) is 0 Å². The Hall–Kier alpha value is -2.27. The summed E-state index contributed by atoms with van der Waals surface area (Å²) in [5, 5.41) is 38.1. The molecule has 14 nitrogen and oxygen atoms in total. The van der Waals surface area contributed by atoms with Crippen LogP contribution in [0.3, 0.4) is 0 Å². The Kier molecular flexibility index (Phi) is 13.5. The first-order valence-electron chi connectivity index (χ1n) is 19.9. The normalized spacial score (nSPS) is 42.6. The summed E-state index contributed by atoms with van der Waals surface area (Å²) in [6.07, 6.45) is -2.32. The SMILES string of the molecule is CC[C@H]1OC(=O)[C@H](C)[C@H]2OC3(CCN(C(=O)c4ccccn4)CC3)O[C@](C)(C[C@@H](C)CN[C@H](C)[C@@H](O)[C@]1(C)O)[C@H](O[C@@H]1O[C@H](C)C[C@H](N(C)C)[C@H]1O)[C@H]2C. The van der Waals surface area contributed by atoms with Crippen molar-refractivity contribution in [1.82, 2.24) is 20.1 Å². The van der Waals surface area contributed by atoms with Gasteiger partial charge < -0.3 is 54.1 Å². The molecule has 1 aromatic rings. The molecule has 1 aromatic heterocycles. The molecule has 0 radical (unpaired) electrons. The highest BCUT2D eigenvalue weighted by molar-refractivity contribution is 5.92. The molecule has 4 aliphatic heterocycles. The summed E-state index contributed by atoms with van der Waals surface area (Å²) < 4.78 is 33.8. The Labute approximate surface area is 321 Å². The van der Waals surface area contributed by atoms with Crippen LogP contribution in [0, 0.1) is 17.8 Å². The second-order valence-corrected chi connectivity index (χ2v) is 17.2. The largest absolute Gasteiger partial charge is 0.459 e. The van der Waals surface area contributed by atoms with Crippen molar-refractivity contribution in [2.24, 2.45) is 17.8 Å². The van der Waals surface area contributed by atoms with Crippen LogP contribution < -0.4 is 5.32 Å². The van der Waals surface area contributed by atoms with E-state index in [4.69, 9.17) is 23.7 Å². The molecule has 0 aliphatic carbocycles. The van der Waals surface area contributed by atoms with E-state index in [0.29, 0.717) is 51.0 Å². The molecule has 14 atom stereocenters. The summed E-state index contributed by atoms with van der Waals surface area (Å²) in [4.78, 5) is 35.7. The van der Waals surface area contributed by atoms with Gasteiger partial charge in [-0.2, -0.15) is 0 Å². The van der Waals surface area contributed by atoms with Gasteiger partial charge in [-0.25, -0.2) is 0 Å². The predicted octanol–water partition coefficient (Wildman–Crippen LogP) is 2.72. The summed E-state index contributed by atoms with van der Waals surface area (Å²) in [6, 6.07) is 4.50. The Morgan fingerprint density at radius 3 is 2.41 bits per heavy atom. The molecule has 54 heavy (non-hydrogen) atoms. The lowest BCUT2D eigenvalue weighted by atomic mass is 9.78. The van der Waals surface area contributed by atoms with Gasteiger partial charge in [0.15, 0.2) is 12.1 Å². The zero-order valence-corrected chi connectivity index (χ0v) is 33.9. The monoisotopic (exact) mass is 762 g/mol. The van der Waals surface area contributed by atoms with Gasteiger partial charge in [0.25, 0.3) is 5.91 Å². The highest BCUT2D eigenvalue weighted by Crippen LogP contribution is 2.48. The highest BCUT2D eigenvalue weighted by Gasteiger charge is 2.58. The molecule has 4 N–H and O–H groups in total. The minimum atomic E-state index is -1.75. The van der Waals surface area contributed by atoms with Crippen molar-refractivity contribution in [1.29, 1.82) is 0 Å². The van der Waals surface area contributed by atoms with Crippen LogP contribution in [-0.2, 0) is 28.5 Å². The Bertz CT molecular complexity index is 1410. The first-order chi connectivity index (χ1) is 25.3. The molecule has 0 saturated carbocycles. The Balaban J connectivity index is 1.58. The maximum absolute atomic E-state index is 14.2. The molecule has 5 rings (SSSR count). The molecular formula is C40H66N4O10. The van der Waals surface area contributed by atoms with Gasteiger partial charge in [0.1, 0.15) is 29.6 Å². The number of hydrogen-bond donors (Lipinski definition) is 4. The number of likely N-dealkylation sites (tertiary alicyclic amines) is 1. The number of cyclic esters (lactones) is 1. The number of amides is 1. The molecule has 2 bridgehead atoms. The average molecular weight is 763 g/mol. The average Bonchev–Trinajstić information content (AvgIpc) is 3.21. The smallest absolute Gasteiger partial charge is 0.311 e. The fraction of sp³-hybridized carbons (Fsp3) is 0.825. The topological polar surface area (TPSA) is 172 Å². The van der Waals surface area contributed by atoms with E-state index in [1.54, 1.807) is 50.1 Å². The maximum atomic E-state index is 14.2. The molecular weight excluding hydrogens is 696 g/mol. The van der Waals surface area contributed by atoms with Crippen LogP contribution in [0.2, 0.25) is 0 Å². The van der Waals surface area contributed by atoms with Crippen molar-refractivity contribution < 1.29 is 48.6 Å². The first-order valence-corrected chi connectivity index (χ1v) is 19.9. The fourth-order valence-corrected chi connectivity index (χ4v) is 9.25. The molecule has 4 aliphatic rings. The lowest BCUT2D eigenvalue weighted by Crippen LogP contribution is -2.60. The molecule has 1 spiro atoms. The second-order valence-electron chi connectivity index (χ2n) is 17.2. The number of nitrogens with zero attached hydrogens (tertiary/aromatic N) is 3. The van der Waals surface area contributed by atoms with Crippen molar-refractivity contribution >= 4 is 11.9 Å². The number of likely N-dealkylation sites (N-methyl/N-ethyl adjacent to an activating group) is 1.